The Morgan fingerprint density at radius 1 is 1.12 bits per heavy atom. The molecule has 0 saturated carbocycles. The van der Waals surface area contributed by atoms with Crippen molar-refractivity contribution < 1.29 is 9.63 Å². The molecule has 1 atom stereocenters. The fourth-order valence-corrected chi connectivity index (χ4v) is 2.17. The van der Waals surface area contributed by atoms with Crippen molar-refractivity contribution in [2.45, 2.75) is 61.3 Å². The van der Waals surface area contributed by atoms with Crippen LogP contribution in [0.1, 0.15) is 61.3 Å². The second-order valence-corrected chi connectivity index (χ2v) is 6.71. The Morgan fingerprint density at radius 3 is 1.81 bits per heavy atom. The molecule has 0 aromatic carbocycles. The van der Waals surface area contributed by atoms with Gasteiger partial charge < -0.3 is 4.84 Å². The molecule has 0 aliphatic carbocycles. The predicted octanol–water partition coefficient (Wildman–Crippen LogP) is 3.28. The van der Waals surface area contributed by atoms with Crippen molar-refractivity contribution in [2.75, 3.05) is 0 Å². The highest BCUT2D eigenvalue weighted by atomic mass is 16.7. The molecule has 0 rings (SSSR count). The minimum absolute atomic E-state index is 0.0649. The summed E-state index contributed by atoms with van der Waals surface area (Å²) in [5.74, 6) is 4.77. The Kier molecular flexibility index (Phi) is 4.57. The van der Waals surface area contributed by atoms with Crippen LogP contribution in [0.3, 0.4) is 0 Å². The van der Waals surface area contributed by atoms with Crippen LogP contribution in [0.25, 0.3) is 0 Å². The van der Waals surface area contributed by atoms with Gasteiger partial charge in [0.15, 0.2) is 0 Å². The molecular formula is C13H27NO2. The predicted molar refractivity (Wildman–Crippen MR) is 66.5 cm³/mol. The number of hydrogen-bond acceptors (Lipinski definition) is 3. The Hall–Kier alpha value is -0.570. The highest BCUT2D eigenvalue weighted by molar-refractivity contribution is 5.77. The standard InChI is InChI=1S/C13H27NO2/c1-8-12(5,6)13(7,10(15)16-14)9-11(2,3)4/h8-9,14H2,1-7H3. The van der Waals surface area contributed by atoms with Gasteiger partial charge in [-0.05, 0) is 30.6 Å². The van der Waals surface area contributed by atoms with E-state index >= 15 is 0 Å². The second kappa shape index (κ2) is 4.74. The lowest BCUT2D eigenvalue weighted by Gasteiger charge is -2.44. The van der Waals surface area contributed by atoms with E-state index in [0.717, 1.165) is 12.8 Å². The maximum Gasteiger partial charge on any atom is 0.330 e. The van der Waals surface area contributed by atoms with E-state index in [4.69, 9.17) is 5.90 Å². The van der Waals surface area contributed by atoms with Crippen LogP contribution < -0.4 is 5.90 Å². The molecule has 0 heterocycles. The molecule has 0 spiro atoms. The third-order valence-electron chi connectivity index (χ3n) is 3.82. The Balaban J connectivity index is 5.29. The van der Waals surface area contributed by atoms with Crippen LogP contribution in [-0.2, 0) is 9.63 Å². The molecule has 0 saturated heterocycles. The number of carbonyl (C=O) groups is 1. The van der Waals surface area contributed by atoms with Crippen LogP contribution >= 0.6 is 0 Å². The van der Waals surface area contributed by atoms with Crippen LogP contribution in [0.15, 0.2) is 0 Å². The highest BCUT2D eigenvalue weighted by Crippen LogP contribution is 2.49. The van der Waals surface area contributed by atoms with Crippen molar-refractivity contribution in [1.82, 2.24) is 0 Å². The molecule has 0 aliphatic rings. The molecule has 0 aromatic heterocycles. The first kappa shape index (κ1) is 15.4. The third-order valence-corrected chi connectivity index (χ3v) is 3.82. The van der Waals surface area contributed by atoms with Gasteiger partial charge in [0.2, 0.25) is 0 Å². The third kappa shape index (κ3) is 3.21. The minimum Gasteiger partial charge on any atom is -0.373 e. The van der Waals surface area contributed by atoms with E-state index in [0.29, 0.717) is 0 Å². The molecule has 0 aliphatic heterocycles. The van der Waals surface area contributed by atoms with E-state index in [1.807, 2.05) is 6.92 Å². The summed E-state index contributed by atoms with van der Waals surface area (Å²) in [7, 11) is 0. The molecule has 0 fully saturated rings. The lowest BCUT2D eigenvalue weighted by Crippen LogP contribution is -2.46. The topological polar surface area (TPSA) is 52.3 Å². The fraction of sp³-hybridized carbons (Fsp3) is 0.923. The van der Waals surface area contributed by atoms with Gasteiger partial charge in [-0.25, -0.2) is 4.79 Å². The highest BCUT2D eigenvalue weighted by Gasteiger charge is 2.49. The summed E-state index contributed by atoms with van der Waals surface area (Å²) in [6, 6.07) is 0. The number of carbonyl (C=O) groups excluding carboxylic acids is 1. The van der Waals surface area contributed by atoms with Gasteiger partial charge in [-0.15, -0.1) is 0 Å². The summed E-state index contributed by atoms with van der Waals surface area (Å²) in [6.45, 7) is 14.6. The first-order chi connectivity index (χ1) is 7.00. The molecule has 2 N–H and O–H groups in total. The zero-order valence-electron chi connectivity index (χ0n) is 11.8. The van der Waals surface area contributed by atoms with Gasteiger partial charge in [-0.1, -0.05) is 41.5 Å². The first-order valence-corrected chi connectivity index (χ1v) is 5.91. The second-order valence-electron chi connectivity index (χ2n) is 6.71. The van der Waals surface area contributed by atoms with Gasteiger partial charge in [-0.3, -0.25) is 0 Å². The van der Waals surface area contributed by atoms with E-state index in [-0.39, 0.29) is 16.8 Å². The Morgan fingerprint density at radius 2 is 1.56 bits per heavy atom. The smallest absolute Gasteiger partial charge is 0.330 e. The van der Waals surface area contributed by atoms with Crippen molar-refractivity contribution in [2.24, 2.45) is 22.1 Å². The average molecular weight is 229 g/mol. The molecule has 1 unspecified atom stereocenters. The molecule has 0 aromatic rings. The van der Waals surface area contributed by atoms with Crippen molar-refractivity contribution >= 4 is 5.97 Å². The van der Waals surface area contributed by atoms with E-state index in [1.165, 1.54) is 0 Å². The maximum atomic E-state index is 12.0. The Labute approximate surface area is 99.7 Å². The van der Waals surface area contributed by atoms with Crippen molar-refractivity contribution in [3.05, 3.63) is 0 Å². The number of nitrogens with two attached hydrogens (primary N) is 1. The normalized spacial score (nSPS) is 16.8. The molecule has 16 heavy (non-hydrogen) atoms. The van der Waals surface area contributed by atoms with Crippen LogP contribution in [0.5, 0.6) is 0 Å². The quantitative estimate of drug-likeness (QED) is 0.753. The van der Waals surface area contributed by atoms with Crippen LogP contribution in [0.4, 0.5) is 0 Å². The lowest BCUT2D eigenvalue weighted by atomic mass is 9.59. The van der Waals surface area contributed by atoms with Gasteiger partial charge in [0, 0.05) is 0 Å². The van der Waals surface area contributed by atoms with Crippen molar-refractivity contribution in [3.8, 4) is 0 Å². The van der Waals surface area contributed by atoms with E-state index < -0.39 is 5.41 Å². The molecular weight excluding hydrogens is 202 g/mol. The molecule has 0 radical (unpaired) electrons. The fourth-order valence-electron chi connectivity index (χ4n) is 2.17. The van der Waals surface area contributed by atoms with Crippen molar-refractivity contribution in [1.29, 1.82) is 0 Å². The number of hydrogen-bond donors (Lipinski definition) is 1. The van der Waals surface area contributed by atoms with Crippen LogP contribution in [-0.4, -0.2) is 5.97 Å². The van der Waals surface area contributed by atoms with Gasteiger partial charge in [0.1, 0.15) is 0 Å². The summed E-state index contributed by atoms with van der Waals surface area (Å²) >= 11 is 0. The summed E-state index contributed by atoms with van der Waals surface area (Å²) in [4.78, 5) is 16.5. The van der Waals surface area contributed by atoms with Gasteiger partial charge in [0.25, 0.3) is 0 Å². The zero-order chi connectivity index (χ0) is 13.2. The van der Waals surface area contributed by atoms with Gasteiger partial charge in [-0.2, -0.15) is 5.90 Å². The SMILES string of the molecule is CCC(C)(C)C(C)(CC(C)(C)C)C(=O)ON. The zero-order valence-corrected chi connectivity index (χ0v) is 11.8. The molecule has 0 amide bonds. The number of rotatable bonds is 4. The summed E-state index contributed by atoms with van der Waals surface area (Å²) in [5.41, 5.74) is -0.610. The molecule has 3 nitrogen and oxygen atoms in total. The van der Waals surface area contributed by atoms with Gasteiger partial charge in [0.05, 0.1) is 5.41 Å². The van der Waals surface area contributed by atoms with Gasteiger partial charge >= 0.3 is 5.97 Å². The van der Waals surface area contributed by atoms with Crippen LogP contribution in [0, 0.1) is 16.2 Å². The van der Waals surface area contributed by atoms with Crippen LogP contribution in [0.2, 0.25) is 0 Å². The monoisotopic (exact) mass is 229 g/mol. The lowest BCUT2D eigenvalue weighted by molar-refractivity contribution is -0.166. The molecule has 3 heteroatoms. The summed E-state index contributed by atoms with van der Waals surface area (Å²) in [6.07, 6.45) is 1.67. The molecule has 0 bridgehead atoms. The minimum atomic E-state index is -0.547. The maximum absolute atomic E-state index is 12.0. The Bertz CT molecular complexity index is 253. The summed E-state index contributed by atoms with van der Waals surface area (Å²) < 4.78 is 0. The van der Waals surface area contributed by atoms with E-state index in [1.54, 1.807) is 0 Å². The summed E-state index contributed by atoms with van der Waals surface area (Å²) in [5, 5.41) is 0. The largest absolute Gasteiger partial charge is 0.373 e. The average Bonchev–Trinajstić information content (AvgIpc) is 2.13. The van der Waals surface area contributed by atoms with Crippen molar-refractivity contribution in [3.63, 3.8) is 0 Å². The molecule has 96 valence electrons. The first-order valence-electron chi connectivity index (χ1n) is 5.91. The van der Waals surface area contributed by atoms with E-state index in [2.05, 4.69) is 46.4 Å². The van der Waals surface area contributed by atoms with E-state index in [9.17, 15) is 4.79 Å².